The molecule has 0 radical (unpaired) electrons. The Morgan fingerprint density at radius 1 is 1.12 bits per heavy atom. The van der Waals surface area contributed by atoms with E-state index in [0.29, 0.717) is 0 Å². The molecule has 102 valence electrons. The monoisotopic (exact) mass is 243 g/mol. The predicted molar refractivity (Wildman–Crippen MR) is 72.3 cm³/mol. The van der Waals surface area contributed by atoms with Crippen LogP contribution in [0.5, 0.6) is 0 Å². The second-order valence-electron chi connectivity index (χ2n) is 5.05. The Bertz CT molecular complexity index is 214. The van der Waals surface area contributed by atoms with Crippen LogP contribution in [0.25, 0.3) is 0 Å². The van der Waals surface area contributed by atoms with Gasteiger partial charge in [-0.15, -0.1) is 0 Å². The number of unbranched alkanes of at least 4 members (excludes halogenated alkanes) is 3. The SMILES string of the molecule is CCCCCCC(C)(CC(=O)O)N(CC)CC. The number of hydrogen-bond acceptors (Lipinski definition) is 2. The second-order valence-corrected chi connectivity index (χ2v) is 5.05. The fraction of sp³-hybridized carbons (Fsp3) is 0.929. The number of aliphatic carboxylic acids is 1. The highest BCUT2D eigenvalue weighted by molar-refractivity contribution is 5.68. The van der Waals surface area contributed by atoms with Gasteiger partial charge in [-0.1, -0.05) is 46.5 Å². The molecule has 0 rings (SSSR count). The lowest BCUT2D eigenvalue weighted by Crippen LogP contribution is -2.47. The van der Waals surface area contributed by atoms with Crippen LogP contribution in [0.3, 0.4) is 0 Å². The van der Waals surface area contributed by atoms with Gasteiger partial charge in [-0.2, -0.15) is 0 Å². The molecule has 0 saturated carbocycles. The zero-order valence-corrected chi connectivity index (χ0v) is 12.0. The average molecular weight is 243 g/mol. The Morgan fingerprint density at radius 3 is 2.12 bits per heavy atom. The van der Waals surface area contributed by atoms with Crippen LogP contribution in [0.2, 0.25) is 0 Å². The molecule has 0 bridgehead atoms. The van der Waals surface area contributed by atoms with Crippen molar-refractivity contribution in [1.82, 2.24) is 4.90 Å². The molecule has 0 aromatic heterocycles. The molecule has 0 amide bonds. The highest BCUT2D eigenvalue weighted by atomic mass is 16.4. The summed E-state index contributed by atoms with van der Waals surface area (Å²) in [5.41, 5.74) is -0.178. The Hall–Kier alpha value is -0.570. The Kier molecular flexibility index (Phi) is 8.23. The number of carboxylic acids is 1. The first-order valence-corrected chi connectivity index (χ1v) is 6.97. The molecule has 3 nitrogen and oxygen atoms in total. The summed E-state index contributed by atoms with van der Waals surface area (Å²) in [6.07, 6.45) is 6.06. The zero-order valence-electron chi connectivity index (χ0n) is 12.0. The van der Waals surface area contributed by atoms with Crippen molar-refractivity contribution in [3.8, 4) is 0 Å². The van der Waals surface area contributed by atoms with E-state index in [1.165, 1.54) is 19.3 Å². The van der Waals surface area contributed by atoms with Crippen molar-refractivity contribution >= 4 is 5.97 Å². The second kappa shape index (κ2) is 8.51. The molecule has 0 aromatic carbocycles. The fourth-order valence-electron chi connectivity index (χ4n) is 2.60. The molecule has 1 atom stereocenters. The van der Waals surface area contributed by atoms with Crippen molar-refractivity contribution in [3.63, 3.8) is 0 Å². The van der Waals surface area contributed by atoms with Gasteiger partial charge in [0.15, 0.2) is 0 Å². The van der Waals surface area contributed by atoms with Crippen LogP contribution in [0.15, 0.2) is 0 Å². The van der Waals surface area contributed by atoms with E-state index in [2.05, 4.69) is 32.6 Å². The van der Waals surface area contributed by atoms with Gasteiger partial charge in [0.1, 0.15) is 0 Å². The van der Waals surface area contributed by atoms with E-state index < -0.39 is 5.97 Å². The van der Waals surface area contributed by atoms with E-state index in [1.54, 1.807) is 0 Å². The van der Waals surface area contributed by atoms with Crippen molar-refractivity contribution in [2.24, 2.45) is 0 Å². The third-order valence-corrected chi connectivity index (χ3v) is 3.63. The standard InChI is InChI=1S/C14H29NO2/c1-5-8-9-10-11-14(4,12-13(16)17)15(6-2)7-3/h5-12H2,1-4H3,(H,16,17). The van der Waals surface area contributed by atoms with Crippen molar-refractivity contribution in [3.05, 3.63) is 0 Å². The van der Waals surface area contributed by atoms with Gasteiger partial charge in [0, 0.05) is 5.54 Å². The number of carboxylic acid groups (broad SMARTS) is 1. The molecule has 1 N–H and O–H groups in total. The predicted octanol–water partition coefficient (Wildman–Crippen LogP) is 3.53. The lowest BCUT2D eigenvalue weighted by Gasteiger charge is -2.39. The van der Waals surface area contributed by atoms with Crippen LogP contribution >= 0.6 is 0 Å². The molecule has 0 heterocycles. The Labute approximate surface area is 106 Å². The van der Waals surface area contributed by atoms with Crippen LogP contribution in [-0.2, 0) is 4.79 Å². The maximum Gasteiger partial charge on any atom is 0.305 e. The molecule has 0 aliphatic heterocycles. The maximum absolute atomic E-state index is 11.0. The topological polar surface area (TPSA) is 40.5 Å². The van der Waals surface area contributed by atoms with Gasteiger partial charge in [-0.3, -0.25) is 9.69 Å². The maximum atomic E-state index is 11.0. The normalized spacial score (nSPS) is 14.9. The number of nitrogens with zero attached hydrogens (tertiary/aromatic N) is 1. The van der Waals surface area contributed by atoms with E-state index in [-0.39, 0.29) is 12.0 Å². The molecule has 3 heteroatoms. The van der Waals surface area contributed by atoms with Gasteiger partial charge in [0.25, 0.3) is 0 Å². The summed E-state index contributed by atoms with van der Waals surface area (Å²) in [7, 11) is 0. The minimum absolute atomic E-state index is 0.178. The summed E-state index contributed by atoms with van der Waals surface area (Å²) >= 11 is 0. The van der Waals surface area contributed by atoms with E-state index in [4.69, 9.17) is 5.11 Å². The van der Waals surface area contributed by atoms with E-state index in [0.717, 1.165) is 25.9 Å². The molecule has 0 saturated heterocycles. The van der Waals surface area contributed by atoms with Gasteiger partial charge < -0.3 is 5.11 Å². The zero-order chi connectivity index (χ0) is 13.3. The highest BCUT2D eigenvalue weighted by Crippen LogP contribution is 2.26. The first kappa shape index (κ1) is 16.4. The summed E-state index contributed by atoms with van der Waals surface area (Å²) in [5, 5.41) is 9.07. The Morgan fingerprint density at radius 2 is 1.71 bits per heavy atom. The quantitative estimate of drug-likeness (QED) is 0.597. The molecule has 1 unspecified atom stereocenters. The van der Waals surface area contributed by atoms with Crippen molar-refractivity contribution < 1.29 is 9.90 Å². The first-order valence-electron chi connectivity index (χ1n) is 6.97. The van der Waals surface area contributed by atoms with Gasteiger partial charge >= 0.3 is 5.97 Å². The van der Waals surface area contributed by atoms with Crippen molar-refractivity contribution in [1.29, 1.82) is 0 Å². The van der Waals surface area contributed by atoms with Gasteiger partial charge in [0.05, 0.1) is 6.42 Å². The number of rotatable bonds is 10. The first-order chi connectivity index (χ1) is 8.00. The van der Waals surface area contributed by atoms with Crippen molar-refractivity contribution in [2.45, 2.75) is 71.8 Å². The minimum Gasteiger partial charge on any atom is -0.481 e. The third kappa shape index (κ3) is 6.06. The molecular weight excluding hydrogens is 214 g/mol. The molecule has 0 fully saturated rings. The molecular formula is C14H29NO2. The van der Waals surface area contributed by atoms with Crippen LogP contribution in [0.1, 0.15) is 66.2 Å². The van der Waals surface area contributed by atoms with Crippen LogP contribution in [0.4, 0.5) is 0 Å². The van der Waals surface area contributed by atoms with Crippen molar-refractivity contribution in [2.75, 3.05) is 13.1 Å². The summed E-state index contributed by atoms with van der Waals surface area (Å²) in [6.45, 7) is 10.4. The molecule has 0 spiro atoms. The van der Waals surface area contributed by atoms with Gasteiger partial charge in [-0.05, 0) is 26.4 Å². The van der Waals surface area contributed by atoms with Gasteiger partial charge in [0.2, 0.25) is 0 Å². The van der Waals surface area contributed by atoms with E-state index in [1.807, 2.05) is 0 Å². The molecule has 0 aromatic rings. The third-order valence-electron chi connectivity index (χ3n) is 3.63. The minimum atomic E-state index is -0.685. The lowest BCUT2D eigenvalue weighted by atomic mass is 9.88. The highest BCUT2D eigenvalue weighted by Gasteiger charge is 2.31. The van der Waals surface area contributed by atoms with Crippen LogP contribution in [0, 0.1) is 0 Å². The number of hydrogen-bond donors (Lipinski definition) is 1. The average Bonchev–Trinajstić information content (AvgIpc) is 2.25. The lowest BCUT2D eigenvalue weighted by molar-refractivity contribution is -0.140. The summed E-state index contributed by atoms with van der Waals surface area (Å²) in [4.78, 5) is 13.3. The Balaban J connectivity index is 4.42. The summed E-state index contributed by atoms with van der Waals surface area (Å²) in [6, 6.07) is 0. The smallest absolute Gasteiger partial charge is 0.305 e. The molecule has 0 aliphatic rings. The van der Waals surface area contributed by atoms with Crippen LogP contribution in [-0.4, -0.2) is 34.6 Å². The van der Waals surface area contributed by atoms with E-state index >= 15 is 0 Å². The largest absolute Gasteiger partial charge is 0.481 e. The number of carbonyl (C=O) groups is 1. The van der Waals surface area contributed by atoms with Gasteiger partial charge in [-0.25, -0.2) is 0 Å². The molecule has 0 aliphatic carbocycles. The van der Waals surface area contributed by atoms with Crippen LogP contribution < -0.4 is 0 Å². The summed E-state index contributed by atoms with van der Waals surface area (Å²) in [5.74, 6) is -0.685. The van der Waals surface area contributed by atoms with E-state index in [9.17, 15) is 4.79 Å². The fourth-order valence-corrected chi connectivity index (χ4v) is 2.60. The molecule has 17 heavy (non-hydrogen) atoms. The summed E-state index contributed by atoms with van der Waals surface area (Å²) < 4.78 is 0.